The summed E-state index contributed by atoms with van der Waals surface area (Å²) in [6.45, 7) is 0. The fraction of sp³-hybridized carbons (Fsp3) is 0.0476. The predicted octanol–water partition coefficient (Wildman–Crippen LogP) is 4.30. The zero-order valence-corrected chi connectivity index (χ0v) is 15.5. The molecule has 0 aliphatic rings. The van der Waals surface area contributed by atoms with E-state index in [2.05, 4.69) is 0 Å². The van der Waals surface area contributed by atoms with Crippen LogP contribution in [0.4, 0.5) is 5.88 Å². The van der Waals surface area contributed by atoms with Gasteiger partial charge in [0, 0.05) is 5.56 Å². The van der Waals surface area contributed by atoms with Crippen molar-refractivity contribution in [2.45, 2.75) is 5.75 Å². The number of fused-ring (bicyclic) bond motifs is 1. The molecule has 7 heteroatoms. The number of nitrogens with two attached hydrogens (primary N) is 1. The minimum absolute atomic E-state index is 0.0492. The molecule has 28 heavy (non-hydrogen) atoms. The van der Waals surface area contributed by atoms with Gasteiger partial charge in [-0.25, -0.2) is 0 Å². The summed E-state index contributed by atoms with van der Waals surface area (Å²) in [6.07, 6.45) is 0. The van der Waals surface area contributed by atoms with Gasteiger partial charge >= 0.3 is 10.1 Å². The van der Waals surface area contributed by atoms with Crippen molar-refractivity contribution in [2.24, 2.45) is 0 Å². The monoisotopic (exact) mass is 395 g/mol. The van der Waals surface area contributed by atoms with Crippen LogP contribution >= 0.6 is 0 Å². The molecule has 142 valence electrons. The molecule has 1 heterocycles. The van der Waals surface area contributed by atoms with Gasteiger partial charge in [-0.15, -0.1) is 0 Å². The maximum Gasteiger partial charge on any atom is 0.313 e. The number of furan rings is 1. The summed E-state index contributed by atoms with van der Waals surface area (Å²) in [7, 11) is -4.04. The van der Waals surface area contributed by atoms with E-state index in [0.29, 0.717) is 11.1 Å². The van der Waals surface area contributed by atoms with Gasteiger partial charge in [0.1, 0.15) is 5.75 Å². The Morgan fingerprint density at radius 2 is 1.61 bits per heavy atom. The Balaban J connectivity index is 1.67. The van der Waals surface area contributed by atoms with E-state index in [-0.39, 0.29) is 17.4 Å². The van der Waals surface area contributed by atoms with Crippen LogP contribution in [0, 0.1) is 0 Å². The summed E-state index contributed by atoms with van der Waals surface area (Å²) in [5.74, 6) is -1.47. The molecule has 4 aromatic rings. The first-order valence-corrected chi connectivity index (χ1v) is 10.1. The Hall–Kier alpha value is -3.45. The number of benzene rings is 3. The molecule has 3 N–H and O–H groups in total. The molecule has 0 atom stereocenters. The molecule has 0 amide bonds. The zero-order chi connectivity index (χ0) is 19.7. The number of rotatable bonds is 5. The van der Waals surface area contributed by atoms with E-state index in [0.717, 1.165) is 10.8 Å². The van der Waals surface area contributed by atoms with Crippen molar-refractivity contribution in [1.82, 2.24) is 0 Å². The van der Waals surface area contributed by atoms with Crippen LogP contribution in [0.25, 0.3) is 22.1 Å². The fourth-order valence-corrected chi connectivity index (χ4v) is 4.04. The summed E-state index contributed by atoms with van der Waals surface area (Å²) in [6, 6.07) is 21.7. The van der Waals surface area contributed by atoms with Crippen LogP contribution in [0.3, 0.4) is 0 Å². The van der Waals surface area contributed by atoms with Gasteiger partial charge in [-0.05, 0) is 22.4 Å². The molecule has 0 saturated heterocycles. The second kappa shape index (κ2) is 6.94. The Kier molecular flexibility index (Phi) is 4.44. The highest BCUT2D eigenvalue weighted by atomic mass is 32.2. The molecule has 0 radical (unpaired) electrons. The average molecular weight is 395 g/mol. The number of aromatic hydroxyl groups is 1. The summed E-state index contributed by atoms with van der Waals surface area (Å²) >= 11 is 0. The molecule has 0 aliphatic carbocycles. The third-order valence-corrected chi connectivity index (χ3v) is 5.38. The number of hydrogen-bond donors (Lipinski definition) is 2. The first kappa shape index (κ1) is 17.9. The van der Waals surface area contributed by atoms with Gasteiger partial charge in [0.2, 0.25) is 17.4 Å². The Morgan fingerprint density at radius 1 is 0.929 bits per heavy atom. The molecule has 0 fully saturated rings. The third kappa shape index (κ3) is 3.52. The summed E-state index contributed by atoms with van der Waals surface area (Å²) in [4.78, 5) is 0. The number of hydrogen-bond acceptors (Lipinski definition) is 6. The Labute approximate surface area is 161 Å². The first-order valence-electron chi connectivity index (χ1n) is 8.49. The lowest BCUT2D eigenvalue weighted by molar-refractivity contribution is 0.432. The van der Waals surface area contributed by atoms with Gasteiger partial charge in [-0.3, -0.25) is 0 Å². The van der Waals surface area contributed by atoms with E-state index in [1.54, 1.807) is 36.4 Å². The molecule has 0 bridgehead atoms. The van der Waals surface area contributed by atoms with Crippen molar-refractivity contribution in [3.8, 4) is 22.8 Å². The van der Waals surface area contributed by atoms with E-state index in [9.17, 15) is 13.5 Å². The second-order valence-corrected chi connectivity index (χ2v) is 7.88. The van der Waals surface area contributed by atoms with Crippen LogP contribution in [0.1, 0.15) is 5.56 Å². The van der Waals surface area contributed by atoms with E-state index >= 15 is 0 Å². The Morgan fingerprint density at radius 3 is 2.36 bits per heavy atom. The van der Waals surface area contributed by atoms with Crippen LogP contribution in [-0.4, -0.2) is 13.5 Å². The van der Waals surface area contributed by atoms with Crippen molar-refractivity contribution < 1.29 is 22.1 Å². The maximum atomic E-state index is 12.4. The van der Waals surface area contributed by atoms with Gasteiger partial charge in [0.25, 0.3) is 0 Å². The van der Waals surface area contributed by atoms with Crippen LogP contribution < -0.4 is 9.92 Å². The van der Waals surface area contributed by atoms with Crippen molar-refractivity contribution in [1.29, 1.82) is 0 Å². The molecule has 1 aromatic heterocycles. The van der Waals surface area contributed by atoms with Gasteiger partial charge < -0.3 is 19.4 Å². The number of nitrogen functional groups attached to an aromatic ring is 1. The fourth-order valence-electron chi connectivity index (χ4n) is 2.97. The van der Waals surface area contributed by atoms with Gasteiger partial charge in [0.05, 0.1) is 0 Å². The van der Waals surface area contributed by atoms with Crippen LogP contribution in [-0.2, 0) is 15.9 Å². The number of anilines is 1. The maximum absolute atomic E-state index is 12.4. The standard InChI is InChI=1S/C21H17NO5S/c22-21-20(27-28(24,25)13-14-6-2-1-3-7-14)18(23)19(26-21)17-11-10-15-8-4-5-9-16(15)12-17/h1-12,23H,13,22H2. The first-order chi connectivity index (χ1) is 13.4. The highest BCUT2D eigenvalue weighted by molar-refractivity contribution is 7.86. The van der Waals surface area contributed by atoms with E-state index in [1.807, 2.05) is 36.4 Å². The predicted molar refractivity (Wildman–Crippen MR) is 107 cm³/mol. The largest absolute Gasteiger partial charge is 0.501 e. The second-order valence-electron chi connectivity index (χ2n) is 6.31. The normalized spacial score (nSPS) is 11.6. The molecular formula is C21H17NO5S. The van der Waals surface area contributed by atoms with Crippen LogP contribution in [0.2, 0.25) is 0 Å². The minimum Gasteiger partial charge on any atom is -0.501 e. The molecule has 4 rings (SSSR count). The molecule has 0 spiro atoms. The van der Waals surface area contributed by atoms with Gasteiger partial charge in [0.15, 0.2) is 5.76 Å². The highest BCUT2D eigenvalue weighted by Gasteiger charge is 2.26. The van der Waals surface area contributed by atoms with E-state index in [4.69, 9.17) is 14.3 Å². The highest BCUT2D eigenvalue weighted by Crippen LogP contribution is 2.45. The van der Waals surface area contributed by atoms with Gasteiger partial charge in [-0.2, -0.15) is 8.42 Å². The topological polar surface area (TPSA) is 103 Å². The minimum atomic E-state index is -4.04. The Bertz CT molecular complexity index is 1250. The van der Waals surface area contributed by atoms with Gasteiger partial charge in [-0.1, -0.05) is 66.7 Å². The molecule has 3 aromatic carbocycles. The van der Waals surface area contributed by atoms with Crippen LogP contribution in [0.15, 0.2) is 77.2 Å². The van der Waals surface area contributed by atoms with E-state index in [1.165, 1.54) is 0 Å². The average Bonchev–Trinajstić information content (AvgIpc) is 2.96. The van der Waals surface area contributed by atoms with Crippen molar-refractivity contribution in [2.75, 3.05) is 5.73 Å². The summed E-state index contributed by atoms with van der Waals surface area (Å²) in [5, 5.41) is 12.5. The lowest BCUT2D eigenvalue weighted by Crippen LogP contribution is -2.12. The molecule has 0 unspecified atom stereocenters. The molecular weight excluding hydrogens is 378 g/mol. The smallest absolute Gasteiger partial charge is 0.313 e. The van der Waals surface area contributed by atoms with Crippen molar-refractivity contribution in [3.05, 3.63) is 78.4 Å². The van der Waals surface area contributed by atoms with Crippen LogP contribution in [0.5, 0.6) is 11.5 Å². The quantitative estimate of drug-likeness (QED) is 0.489. The summed E-state index contributed by atoms with van der Waals surface area (Å²) < 4.78 is 35.2. The SMILES string of the molecule is Nc1oc(-c2ccc3ccccc3c2)c(O)c1OS(=O)(=O)Cc1ccccc1. The lowest BCUT2D eigenvalue weighted by atomic mass is 10.1. The van der Waals surface area contributed by atoms with E-state index < -0.39 is 21.6 Å². The molecule has 6 nitrogen and oxygen atoms in total. The third-order valence-electron chi connectivity index (χ3n) is 4.27. The summed E-state index contributed by atoms with van der Waals surface area (Å²) in [5.41, 5.74) is 6.88. The lowest BCUT2D eigenvalue weighted by Gasteiger charge is -2.06. The molecule has 0 saturated carbocycles. The zero-order valence-electron chi connectivity index (χ0n) is 14.7. The molecule has 0 aliphatic heterocycles. The van der Waals surface area contributed by atoms with Crippen molar-refractivity contribution >= 4 is 26.8 Å². The van der Waals surface area contributed by atoms with Crippen molar-refractivity contribution in [3.63, 3.8) is 0 Å².